The van der Waals surface area contributed by atoms with Crippen molar-refractivity contribution in [2.75, 3.05) is 32.3 Å². The first kappa shape index (κ1) is 19.7. The molecule has 0 saturated heterocycles. The number of alkyl halides is 1. The second-order valence-electron chi connectivity index (χ2n) is 3.93. The van der Waals surface area contributed by atoms with Crippen LogP contribution in [0.4, 0.5) is 0 Å². The molecule has 18 heavy (non-hydrogen) atoms. The molecule has 0 aromatic rings. The van der Waals surface area contributed by atoms with Crippen molar-refractivity contribution in [2.45, 2.75) is 20.3 Å². The van der Waals surface area contributed by atoms with Crippen LogP contribution in [-0.4, -0.2) is 53.6 Å². The zero-order valence-corrected chi connectivity index (χ0v) is 11.7. The Balaban J connectivity index is 0. The lowest BCUT2D eigenvalue weighted by molar-refractivity contribution is -0.138. The number of carbonyl (C=O) groups excluding carboxylic acids is 1. The largest absolute Gasteiger partial charge is 0.461 e. The number of hydrogen-bond acceptors (Lipinski definition) is 5. The van der Waals surface area contributed by atoms with E-state index in [4.69, 9.17) is 26.9 Å². The minimum atomic E-state index is -0.667. The Morgan fingerprint density at radius 1 is 1.28 bits per heavy atom. The molecule has 3 N–H and O–H groups in total. The van der Waals surface area contributed by atoms with Crippen LogP contribution in [0, 0.1) is 5.41 Å². The van der Waals surface area contributed by atoms with Crippen molar-refractivity contribution in [3.05, 3.63) is 12.2 Å². The number of hydrogen-bond donors (Lipinski definition) is 3. The molecule has 0 atom stereocenters. The molecule has 0 aromatic heterocycles. The van der Waals surface area contributed by atoms with Gasteiger partial charge in [0.25, 0.3) is 0 Å². The van der Waals surface area contributed by atoms with Crippen molar-refractivity contribution >= 4 is 17.6 Å². The van der Waals surface area contributed by atoms with Crippen molar-refractivity contribution < 1.29 is 24.9 Å². The van der Waals surface area contributed by atoms with Crippen molar-refractivity contribution in [1.29, 1.82) is 0 Å². The molecule has 0 spiro atoms. The first-order valence-corrected chi connectivity index (χ1v) is 6.17. The number of ether oxygens (including phenoxy) is 1. The topological polar surface area (TPSA) is 87.0 Å². The average molecular weight is 283 g/mol. The summed E-state index contributed by atoms with van der Waals surface area (Å²) in [4.78, 5) is 10.5. The maximum atomic E-state index is 10.5. The fraction of sp³-hybridized carbons (Fsp3) is 0.750. The number of halogens is 1. The highest BCUT2D eigenvalue weighted by Gasteiger charge is 2.24. The first-order chi connectivity index (χ1) is 8.42. The van der Waals surface area contributed by atoms with E-state index in [1.54, 1.807) is 6.92 Å². The molecule has 0 saturated carbocycles. The Hall–Kier alpha value is -0.620. The molecule has 108 valence electrons. The van der Waals surface area contributed by atoms with Crippen LogP contribution in [0.25, 0.3) is 0 Å². The Morgan fingerprint density at radius 2 is 1.72 bits per heavy atom. The zero-order valence-electron chi connectivity index (χ0n) is 11.0. The van der Waals surface area contributed by atoms with E-state index in [0.717, 1.165) is 0 Å². The molecular formula is C12H23ClO5. The molecule has 0 unspecified atom stereocenters. The standard InChI is InChI=1S/C6H9ClO2.C6H14O3/c1-5(2)6(8)9-4-3-7;1-2-6(3-7,4-8)5-9/h1,3-4H2,2H3;7-9H,2-5H2,1H3. The van der Waals surface area contributed by atoms with Gasteiger partial charge in [0.05, 0.1) is 25.7 Å². The number of carbonyl (C=O) groups is 1. The summed E-state index contributed by atoms with van der Waals surface area (Å²) in [6.07, 6.45) is 0.594. The second-order valence-corrected chi connectivity index (χ2v) is 4.31. The van der Waals surface area contributed by atoms with Crippen LogP contribution in [0.2, 0.25) is 0 Å². The van der Waals surface area contributed by atoms with Gasteiger partial charge in [0.2, 0.25) is 0 Å². The third-order valence-electron chi connectivity index (χ3n) is 2.42. The van der Waals surface area contributed by atoms with E-state index in [-0.39, 0.29) is 32.4 Å². The first-order valence-electron chi connectivity index (χ1n) is 5.64. The van der Waals surface area contributed by atoms with Gasteiger partial charge in [-0.25, -0.2) is 4.79 Å². The molecule has 0 aromatic carbocycles. The van der Waals surface area contributed by atoms with Gasteiger partial charge in [-0.3, -0.25) is 0 Å². The predicted octanol–water partition coefficient (Wildman–Crippen LogP) is 0.704. The van der Waals surface area contributed by atoms with Crippen molar-refractivity contribution in [3.63, 3.8) is 0 Å². The van der Waals surface area contributed by atoms with Crippen LogP contribution in [0.3, 0.4) is 0 Å². The lowest BCUT2D eigenvalue weighted by atomic mass is 9.88. The molecule has 0 heterocycles. The van der Waals surface area contributed by atoms with Crippen LogP contribution >= 0.6 is 11.6 Å². The maximum absolute atomic E-state index is 10.5. The van der Waals surface area contributed by atoms with Gasteiger partial charge >= 0.3 is 5.97 Å². The summed E-state index contributed by atoms with van der Waals surface area (Å²) in [6, 6.07) is 0. The van der Waals surface area contributed by atoms with Crippen LogP contribution < -0.4 is 0 Å². The molecule has 0 rings (SSSR count). The Kier molecular flexibility index (Phi) is 12.6. The van der Waals surface area contributed by atoms with Crippen LogP contribution in [0.5, 0.6) is 0 Å². The molecule has 0 aliphatic carbocycles. The van der Waals surface area contributed by atoms with Crippen molar-refractivity contribution in [1.82, 2.24) is 0 Å². The third kappa shape index (κ3) is 8.47. The van der Waals surface area contributed by atoms with Gasteiger partial charge in [-0.05, 0) is 13.3 Å². The number of aliphatic hydroxyl groups excluding tert-OH is 3. The Morgan fingerprint density at radius 3 is 1.89 bits per heavy atom. The highest BCUT2D eigenvalue weighted by atomic mass is 35.5. The van der Waals surface area contributed by atoms with E-state index >= 15 is 0 Å². The highest BCUT2D eigenvalue weighted by Crippen LogP contribution is 2.18. The van der Waals surface area contributed by atoms with E-state index < -0.39 is 5.41 Å². The van der Waals surface area contributed by atoms with Crippen molar-refractivity contribution in [2.24, 2.45) is 5.41 Å². The average Bonchev–Trinajstić information content (AvgIpc) is 2.40. The molecule has 0 fully saturated rings. The summed E-state index contributed by atoms with van der Waals surface area (Å²) < 4.78 is 4.58. The molecule has 0 aliphatic heterocycles. The molecule has 0 radical (unpaired) electrons. The van der Waals surface area contributed by atoms with E-state index in [1.165, 1.54) is 0 Å². The van der Waals surface area contributed by atoms with Gasteiger partial charge in [-0.1, -0.05) is 13.5 Å². The van der Waals surface area contributed by atoms with Crippen LogP contribution in [0.1, 0.15) is 20.3 Å². The smallest absolute Gasteiger partial charge is 0.333 e. The van der Waals surface area contributed by atoms with Gasteiger partial charge in [-0.2, -0.15) is 0 Å². The number of rotatable bonds is 7. The molecular weight excluding hydrogens is 260 g/mol. The SMILES string of the molecule is C=C(C)C(=O)OCCCl.CCC(CO)(CO)CO. The van der Waals surface area contributed by atoms with Gasteiger partial charge in [0.1, 0.15) is 6.61 Å². The molecule has 0 amide bonds. The fourth-order valence-corrected chi connectivity index (χ4v) is 0.817. The maximum Gasteiger partial charge on any atom is 0.333 e. The summed E-state index contributed by atoms with van der Waals surface area (Å²) in [5.74, 6) is -0.0467. The molecule has 6 heteroatoms. The zero-order chi connectivity index (χ0) is 14.6. The normalized spacial score (nSPS) is 10.3. The summed E-state index contributed by atoms with van der Waals surface area (Å²) in [7, 11) is 0. The highest BCUT2D eigenvalue weighted by molar-refractivity contribution is 6.18. The quantitative estimate of drug-likeness (QED) is 0.364. The molecule has 0 bridgehead atoms. The molecule has 0 aliphatic rings. The van der Waals surface area contributed by atoms with Gasteiger partial charge in [0.15, 0.2) is 0 Å². The monoisotopic (exact) mass is 282 g/mol. The summed E-state index contributed by atoms with van der Waals surface area (Å²) in [5, 5.41) is 26.0. The lowest BCUT2D eigenvalue weighted by Crippen LogP contribution is -2.32. The van der Waals surface area contributed by atoms with Crippen LogP contribution in [0.15, 0.2) is 12.2 Å². The minimum absolute atomic E-state index is 0.156. The number of esters is 1. The predicted molar refractivity (Wildman–Crippen MR) is 70.5 cm³/mol. The lowest BCUT2D eigenvalue weighted by Gasteiger charge is -2.24. The van der Waals surface area contributed by atoms with Crippen LogP contribution in [-0.2, 0) is 9.53 Å². The third-order valence-corrected chi connectivity index (χ3v) is 2.57. The second kappa shape index (κ2) is 11.5. The fourth-order valence-electron chi connectivity index (χ4n) is 0.740. The van der Waals surface area contributed by atoms with Crippen molar-refractivity contribution in [3.8, 4) is 0 Å². The number of aliphatic hydroxyl groups is 3. The summed E-state index contributed by atoms with van der Waals surface area (Å²) in [6.45, 7) is 6.59. The Bertz CT molecular complexity index is 221. The Labute approximate surface area is 113 Å². The minimum Gasteiger partial charge on any atom is -0.461 e. The van der Waals surface area contributed by atoms with Gasteiger partial charge in [0, 0.05) is 11.0 Å². The van der Waals surface area contributed by atoms with E-state index in [9.17, 15) is 4.79 Å². The van der Waals surface area contributed by atoms with Gasteiger partial charge in [-0.15, -0.1) is 11.6 Å². The van der Waals surface area contributed by atoms with E-state index in [0.29, 0.717) is 17.9 Å². The van der Waals surface area contributed by atoms with E-state index in [2.05, 4.69) is 11.3 Å². The summed E-state index contributed by atoms with van der Waals surface area (Å²) in [5.41, 5.74) is -0.264. The molecule has 5 nitrogen and oxygen atoms in total. The summed E-state index contributed by atoms with van der Waals surface area (Å²) >= 11 is 5.24. The van der Waals surface area contributed by atoms with Gasteiger partial charge < -0.3 is 20.1 Å². The van der Waals surface area contributed by atoms with E-state index in [1.807, 2.05) is 6.92 Å².